The summed E-state index contributed by atoms with van der Waals surface area (Å²) < 4.78 is 6.23. The summed E-state index contributed by atoms with van der Waals surface area (Å²) in [6.07, 6.45) is 3.53. The fraction of sp³-hybridized carbons (Fsp3) is 0.400. The minimum absolute atomic E-state index is 0.0372. The number of hydrogen-bond donors (Lipinski definition) is 2. The van der Waals surface area contributed by atoms with Crippen LogP contribution in [-0.4, -0.2) is 10.2 Å². The minimum Gasteiger partial charge on any atom is -0.508 e. The molecule has 2 N–H and O–H groups in total. The second kappa shape index (κ2) is 6.53. The standard InChI is InChI=1S/C18H18O3.C2H6/c19-12-6-4-11(5-7-12)18-15-3-1-2-14(15)16-10-13(20)8-9-17(16)21-18;1-2/h4-10,14-15,18-20H,1-3H2;1-2H3/t14?,15?,18-;/m0./s1. The Hall–Kier alpha value is -2.16. The predicted octanol–water partition coefficient (Wildman–Crippen LogP) is 5.14. The molecule has 0 radical (unpaired) electrons. The van der Waals surface area contributed by atoms with E-state index in [1.165, 1.54) is 6.42 Å². The highest BCUT2D eigenvalue weighted by molar-refractivity contribution is 5.45. The topological polar surface area (TPSA) is 49.7 Å². The first-order chi connectivity index (χ1) is 11.2. The normalized spacial score (nSPS) is 24.7. The van der Waals surface area contributed by atoms with Gasteiger partial charge in [-0.15, -0.1) is 0 Å². The molecule has 3 nitrogen and oxygen atoms in total. The number of ether oxygens (including phenoxy) is 1. The molecule has 1 saturated carbocycles. The summed E-state index contributed by atoms with van der Waals surface area (Å²) in [7, 11) is 0. The smallest absolute Gasteiger partial charge is 0.127 e. The van der Waals surface area contributed by atoms with Crippen molar-refractivity contribution in [3.8, 4) is 17.2 Å². The van der Waals surface area contributed by atoms with Crippen LogP contribution in [0.4, 0.5) is 0 Å². The van der Waals surface area contributed by atoms with E-state index < -0.39 is 0 Å². The van der Waals surface area contributed by atoms with Crippen molar-refractivity contribution in [3.05, 3.63) is 53.6 Å². The third kappa shape index (κ3) is 2.88. The van der Waals surface area contributed by atoms with Crippen LogP contribution in [0.25, 0.3) is 0 Å². The van der Waals surface area contributed by atoms with Gasteiger partial charge in [-0.05, 0) is 54.7 Å². The van der Waals surface area contributed by atoms with Gasteiger partial charge < -0.3 is 14.9 Å². The van der Waals surface area contributed by atoms with Crippen molar-refractivity contribution in [2.75, 3.05) is 0 Å². The predicted molar refractivity (Wildman–Crippen MR) is 91.0 cm³/mol. The fourth-order valence-corrected chi connectivity index (χ4v) is 3.87. The minimum atomic E-state index is 0.0372. The summed E-state index contributed by atoms with van der Waals surface area (Å²) in [6, 6.07) is 12.7. The molecule has 122 valence electrons. The number of aromatic hydroxyl groups is 2. The van der Waals surface area contributed by atoms with Gasteiger partial charge in [0, 0.05) is 11.5 Å². The molecule has 0 bridgehead atoms. The van der Waals surface area contributed by atoms with Gasteiger partial charge in [-0.25, -0.2) is 0 Å². The Labute approximate surface area is 137 Å². The van der Waals surface area contributed by atoms with Crippen molar-refractivity contribution < 1.29 is 14.9 Å². The Morgan fingerprint density at radius 2 is 1.61 bits per heavy atom. The van der Waals surface area contributed by atoms with Crippen molar-refractivity contribution in [2.24, 2.45) is 5.92 Å². The molecule has 1 fully saturated rings. The van der Waals surface area contributed by atoms with Gasteiger partial charge >= 0.3 is 0 Å². The highest BCUT2D eigenvalue weighted by Crippen LogP contribution is 2.54. The van der Waals surface area contributed by atoms with E-state index in [4.69, 9.17) is 4.74 Å². The first-order valence-electron chi connectivity index (χ1n) is 8.51. The van der Waals surface area contributed by atoms with E-state index in [0.717, 1.165) is 29.7 Å². The van der Waals surface area contributed by atoms with Crippen LogP contribution in [0.1, 0.15) is 56.3 Å². The lowest BCUT2D eigenvalue weighted by Crippen LogP contribution is -2.26. The van der Waals surface area contributed by atoms with Gasteiger partial charge in [-0.3, -0.25) is 0 Å². The molecular formula is C20H24O3. The summed E-state index contributed by atoms with van der Waals surface area (Å²) in [5.74, 6) is 2.38. The van der Waals surface area contributed by atoms with Crippen molar-refractivity contribution in [3.63, 3.8) is 0 Å². The zero-order valence-electron chi connectivity index (χ0n) is 13.7. The van der Waals surface area contributed by atoms with Crippen LogP contribution in [0.15, 0.2) is 42.5 Å². The molecule has 1 heterocycles. The van der Waals surface area contributed by atoms with Crippen molar-refractivity contribution in [1.82, 2.24) is 0 Å². The van der Waals surface area contributed by atoms with E-state index in [0.29, 0.717) is 17.6 Å². The molecule has 2 aromatic rings. The Morgan fingerprint density at radius 3 is 2.35 bits per heavy atom. The van der Waals surface area contributed by atoms with E-state index in [2.05, 4.69) is 0 Å². The number of fused-ring (bicyclic) bond motifs is 3. The lowest BCUT2D eigenvalue weighted by molar-refractivity contribution is 0.104. The molecule has 4 rings (SSSR count). The monoisotopic (exact) mass is 312 g/mol. The van der Waals surface area contributed by atoms with Crippen LogP contribution in [-0.2, 0) is 0 Å². The van der Waals surface area contributed by atoms with Gasteiger partial charge in [0.2, 0.25) is 0 Å². The Kier molecular flexibility index (Phi) is 4.46. The molecule has 3 atom stereocenters. The van der Waals surface area contributed by atoms with Crippen LogP contribution < -0.4 is 4.74 Å². The molecule has 1 aliphatic carbocycles. The SMILES string of the molecule is CC.Oc1ccc([C@@H]2Oc3ccc(O)cc3C3CCCC32)cc1. The van der Waals surface area contributed by atoms with E-state index in [-0.39, 0.29) is 11.9 Å². The third-order valence-electron chi connectivity index (χ3n) is 4.83. The number of phenolic OH excluding ortho intramolecular Hbond substituents is 2. The number of hydrogen-bond acceptors (Lipinski definition) is 3. The van der Waals surface area contributed by atoms with Gasteiger partial charge in [0.15, 0.2) is 0 Å². The highest BCUT2D eigenvalue weighted by Gasteiger charge is 2.41. The Balaban J connectivity index is 0.000000753. The third-order valence-corrected chi connectivity index (χ3v) is 4.83. The van der Waals surface area contributed by atoms with Crippen LogP contribution in [0.2, 0.25) is 0 Å². The summed E-state index contributed by atoms with van der Waals surface area (Å²) in [4.78, 5) is 0. The first-order valence-corrected chi connectivity index (χ1v) is 8.51. The second-order valence-electron chi connectivity index (χ2n) is 6.05. The maximum Gasteiger partial charge on any atom is 0.127 e. The van der Waals surface area contributed by atoms with Gasteiger partial charge in [-0.2, -0.15) is 0 Å². The summed E-state index contributed by atoms with van der Waals surface area (Å²) in [5, 5.41) is 19.2. The maximum atomic E-state index is 9.74. The molecule has 2 aliphatic rings. The molecule has 2 aromatic carbocycles. The molecular weight excluding hydrogens is 288 g/mol. The largest absolute Gasteiger partial charge is 0.508 e. The molecule has 2 unspecified atom stereocenters. The van der Waals surface area contributed by atoms with E-state index in [1.807, 2.05) is 38.1 Å². The van der Waals surface area contributed by atoms with E-state index >= 15 is 0 Å². The molecule has 0 spiro atoms. The first kappa shape index (κ1) is 15.7. The molecule has 1 aliphatic heterocycles. The molecule has 0 saturated heterocycles. The maximum absolute atomic E-state index is 9.74. The summed E-state index contributed by atoms with van der Waals surface area (Å²) >= 11 is 0. The number of phenols is 2. The van der Waals surface area contributed by atoms with Crippen LogP contribution in [0, 0.1) is 5.92 Å². The van der Waals surface area contributed by atoms with Gasteiger partial charge in [0.05, 0.1) is 0 Å². The van der Waals surface area contributed by atoms with Gasteiger partial charge in [0.1, 0.15) is 23.4 Å². The van der Waals surface area contributed by atoms with Crippen molar-refractivity contribution >= 4 is 0 Å². The molecule has 0 aromatic heterocycles. The highest BCUT2D eigenvalue weighted by atomic mass is 16.5. The molecule has 0 amide bonds. The number of benzene rings is 2. The lowest BCUT2D eigenvalue weighted by Gasteiger charge is -2.36. The zero-order valence-corrected chi connectivity index (χ0v) is 13.7. The van der Waals surface area contributed by atoms with E-state index in [1.54, 1.807) is 18.2 Å². The zero-order chi connectivity index (χ0) is 16.4. The van der Waals surface area contributed by atoms with Crippen LogP contribution >= 0.6 is 0 Å². The Bertz CT molecular complexity index is 663. The second-order valence-corrected chi connectivity index (χ2v) is 6.05. The van der Waals surface area contributed by atoms with Crippen molar-refractivity contribution in [1.29, 1.82) is 0 Å². The van der Waals surface area contributed by atoms with Gasteiger partial charge in [0.25, 0.3) is 0 Å². The van der Waals surface area contributed by atoms with Crippen LogP contribution in [0.5, 0.6) is 17.2 Å². The van der Waals surface area contributed by atoms with Crippen molar-refractivity contribution in [2.45, 2.75) is 45.1 Å². The average Bonchev–Trinajstić information content (AvgIpc) is 3.07. The Morgan fingerprint density at radius 1 is 0.913 bits per heavy atom. The molecule has 3 heteroatoms. The average molecular weight is 312 g/mol. The summed E-state index contributed by atoms with van der Waals surface area (Å²) in [6.45, 7) is 4.00. The van der Waals surface area contributed by atoms with E-state index in [9.17, 15) is 10.2 Å². The summed E-state index contributed by atoms with van der Waals surface area (Å²) in [5.41, 5.74) is 2.26. The quantitative estimate of drug-likeness (QED) is 0.766. The van der Waals surface area contributed by atoms with Gasteiger partial charge in [-0.1, -0.05) is 32.4 Å². The molecule has 23 heavy (non-hydrogen) atoms. The van der Waals surface area contributed by atoms with Crippen LogP contribution in [0.3, 0.4) is 0 Å². The number of rotatable bonds is 1. The lowest BCUT2D eigenvalue weighted by atomic mass is 9.80. The fourth-order valence-electron chi connectivity index (χ4n) is 3.87.